The molecule has 9 heteroatoms. The highest BCUT2D eigenvalue weighted by Gasteiger charge is 2.28. The topological polar surface area (TPSA) is 65.0 Å². The number of anilines is 1. The van der Waals surface area contributed by atoms with Crippen molar-refractivity contribution in [3.05, 3.63) is 29.3 Å². The molecule has 0 amide bonds. The Balaban J connectivity index is 0.00000392. The summed E-state index contributed by atoms with van der Waals surface area (Å²) in [5, 5.41) is 4.02. The highest BCUT2D eigenvalue weighted by molar-refractivity contribution is 14.0. The average Bonchev–Trinajstić information content (AvgIpc) is 2.60. The standard InChI is InChI=1S/C19H31ClN4O2S.HI/c1-5-21-18(22-9-14-27(25,26)19(2,3)4)24-12-10-23(11-13-24)17-8-6-7-16(20)15-17;/h6-8,15H,5,9-14H2,1-4H3,(H,21,22);1H. The van der Waals surface area contributed by atoms with Crippen LogP contribution in [0.1, 0.15) is 27.7 Å². The van der Waals surface area contributed by atoms with Crippen LogP contribution >= 0.6 is 35.6 Å². The van der Waals surface area contributed by atoms with Crippen LogP contribution in [0.2, 0.25) is 5.02 Å². The van der Waals surface area contributed by atoms with Gasteiger partial charge in [-0.05, 0) is 45.9 Å². The molecule has 1 aromatic carbocycles. The minimum absolute atomic E-state index is 0. The number of benzene rings is 1. The first-order chi connectivity index (χ1) is 12.6. The van der Waals surface area contributed by atoms with Gasteiger partial charge in [0.25, 0.3) is 0 Å². The van der Waals surface area contributed by atoms with Crippen LogP contribution in [0.25, 0.3) is 0 Å². The lowest BCUT2D eigenvalue weighted by atomic mass is 10.2. The quantitative estimate of drug-likeness (QED) is 0.352. The Morgan fingerprint density at radius 3 is 2.39 bits per heavy atom. The van der Waals surface area contributed by atoms with Gasteiger partial charge in [-0.3, -0.25) is 4.99 Å². The van der Waals surface area contributed by atoms with E-state index in [2.05, 4.69) is 26.2 Å². The van der Waals surface area contributed by atoms with Gasteiger partial charge in [-0.1, -0.05) is 17.7 Å². The van der Waals surface area contributed by atoms with Crippen LogP contribution in [0, 0.1) is 0 Å². The molecule has 28 heavy (non-hydrogen) atoms. The molecule has 1 saturated heterocycles. The maximum atomic E-state index is 12.3. The van der Waals surface area contributed by atoms with E-state index in [1.54, 1.807) is 20.8 Å². The predicted octanol–water partition coefficient (Wildman–Crippen LogP) is 3.26. The van der Waals surface area contributed by atoms with Gasteiger partial charge in [-0.25, -0.2) is 8.42 Å². The van der Waals surface area contributed by atoms with Crippen molar-refractivity contribution < 1.29 is 8.42 Å². The van der Waals surface area contributed by atoms with Crippen molar-refractivity contribution in [2.45, 2.75) is 32.4 Å². The van der Waals surface area contributed by atoms with Crippen LogP contribution in [0.3, 0.4) is 0 Å². The Bertz CT molecular complexity index is 757. The molecule has 1 aromatic rings. The van der Waals surface area contributed by atoms with Crippen LogP contribution in [0.5, 0.6) is 0 Å². The number of halogens is 2. The van der Waals surface area contributed by atoms with Crippen LogP contribution < -0.4 is 10.2 Å². The minimum atomic E-state index is -3.16. The summed E-state index contributed by atoms with van der Waals surface area (Å²) in [6.45, 7) is 11.6. The summed E-state index contributed by atoms with van der Waals surface area (Å²) in [7, 11) is -3.16. The van der Waals surface area contributed by atoms with Crippen molar-refractivity contribution in [1.82, 2.24) is 10.2 Å². The lowest BCUT2D eigenvalue weighted by molar-refractivity contribution is 0.373. The molecule has 0 bridgehead atoms. The highest BCUT2D eigenvalue weighted by Crippen LogP contribution is 2.21. The number of hydrogen-bond acceptors (Lipinski definition) is 4. The third-order valence-electron chi connectivity index (χ3n) is 4.64. The van der Waals surface area contributed by atoms with Gasteiger partial charge < -0.3 is 15.1 Å². The average molecular weight is 543 g/mol. The summed E-state index contributed by atoms with van der Waals surface area (Å²) in [5.74, 6) is 0.848. The molecule has 0 aliphatic carbocycles. The SMILES string of the molecule is CCNC(=NCCS(=O)(=O)C(C)(C)C)N1CCN(c2cccc(Cl)c2)CC1.I. The van der Waals surface area contributed by atoms with Crippen LogP contribution in [0.15, 0.2) is 29.3 Å². The van der Waals surface area contributed by atoms with E-state index in [4.69, 9.17) is 11.6 Å². The van der Waals surface area contributed by atoms with Crippen molar-refractivity contribution in [3.8, 4) is 0 Å². The summed E-state index contributed by atoms with van der Waals surface area (Å²) >= 11 is 6.10. The number of nitrogens with one attached hydrogen (secondary N) is 1. The molecule has 2 rings (SSSR count). The molecular weight excluding hydrogens is 511 g/mol. The van der Waals surface area contributed by atoms with Crippen LogP contribution in [-0.4, -0.2) is 69.0 Å². The molecule has 0 unspecified atom stereocenters. The fraction of sp³-hybridized carbons (Fsp3) is 0.632. The molecule has 1 aliphatic heterocycles. The maximum Gasteiger partial charge on any atom is 0.194 e. The van der Waals surface area contributed by atoms with Gasteiger partial charge >= 0.3 is 0 Å². The van der Waals surface area contributed by atoms with Crippen molar-refractivity contribution in [2.24, 2.45) is 4.99 Å². The molecule has 1 fully saturated rings. The van der Waals surface area contributed by atoms with Crippen molar-refractivity contribution in [3.63, 3.8) is 0 Å². The van der Waals surface area contributed by atoms with E-state index in [0.29, 0.717) is 0 Å². The van der Waals surface area contributed by atoms with Gasteiger partial charge in [0.15, 0.2) is 15.8 Å². The zero-order valence-electron chi connectivity index (χ0n) is 17.1. The fourth-order valence-corrected chi connectivity index (χ4v) is 3.98. The lowest BCUT2D eigenvalue weighted by Gasteiger charge is -2.37. The molecule has 0 spiro atoms. The van der Waals surface area contributed by atoms with Crippen LogP contribution in [-0.2, 0) is 9.84 Å². The molecule has 1 heterocycles. The predicted molar refractivity (Wildman–Crippen MR) is 130 cm³/mol. The number of hydrogen-bond donors (Lipinski definition) is 1. The van der Waals surface area contributed by atoms with E-state index in [1.165, 1.54) is 0 Å². The molecule has 6 nitrogen and oxygen atoms in total. The number of rotatable bonds is 5. The number of nitrogens with zero attached hydrogens (tertiary/aromatic N) is 3. The Morgan fingerprint density at radius 2 is 1.86 bits per heavy atom. The van der Waals surface area contributed by atoms with Gasteiger partial charge in [0.05, 0.1) is 17.0 Å². The van der Waals surface area contributed by atoms with E-state index in [9.17, 15) is 8.42 Å². The van der Waals surface area contributed by atoms with E-state index in [-0.39, 0.29) is 36.3 Å². The third-order valence-corrected chi connectivity index (χ3v) is 7.46. The van der Waals surface area contributed by atoms with Gasteiger partial charge in [0.2, 0.25) is 0 Å². The largest absolute Gasteiger partial charge is 0.368 e. The summed E-state index contributed by atoms with van der Waals surface area (Å²) in [4.78, 5) is 9.05. The monoisotopic (exact) mass is 542 g/mol. The van der Waals surface area contributed by atoms with Gasteiger partial charge in [0.1, 0.15) is 0 Å². The Morgan fingerprint density at radius 1 is 1.21 bits per heavy atom. The Kier molecular flexibility index (Phi) is 9.82. The zero-order valence-corrected chi connectivity index (χ0v) is 21.0. The lowest BCUT2D eigenvalue weighted by Crippen LogP contribution is -2.52. The highest BCUT2D eigenvalue weighted by atomic mass is 127. The fourth-order valence-electron chi connectivity index (χ4n) is 2.85. The summed E-state index contributed by atoms with van der Waals surface area (Å²) in [5.41, 5.74) is 1.13. The van der Waals surface area contributed by atoms with E-state index >= 15 is 0 Å². The smallest absolute Gasteiger partial charge is 0.194 e. The molecule has 160 valence electrons. The van der Waals surface area contributed by atoms with Gasteiger partial charge in [-0.2, -0.15) is 0 Å². The number of piperazine rings is 1. The molecule has 1 N–H and O–H groups in total. The Labute approximate surface area is 191 Å². The molecule has 0 saturated carbocycles. The van der Waals surface area contributed by atoms with Gasteiger partial charge in [0, 0.05) is 43.4 Å². The first-order valence-corrected chi connectivity index (χ1v) is 11.4. The summed E-state index contributed by atoms with van der Waals surface area (Å²) in [6, 6.07) is 7.89. The van der Waals surface area contributed by atoms with Crippen molar-refractivity contribution >= 4 is 57.1 Å². The summed E-state index contributed by atoms with van der Waals surface area (Å²) < 4.78 is 23.8. The molecule has 1 aliphatic rings. The first-order valence-electron chi connectivity index (χ1n) is 9.40. The summed E-state index contributed by atoms with van der Waals surface area (Å²) in [6.07, 6.45) is 0. The minimum Gasteiger partial charge on any atom is -0.368 e. The third kappa shape index (κ3) is 6.95. The first kappa shape index (κ1) is 25.3. The maximum absolute atomic E-state index is 12.3. The number of aliphatic imine (C=N–C) groups is 1. The molecule has 0 atom stereocenters. The molecule has 0 radical (unpaired) electrons. The van der Waals surface area contributed by atoms with E-state index in [1.807, 2.05) is 25.1 Å². The number of sulfone groups is 1. The second-order valence-electron chi connectivity index (χ2n) is 7.62. The Hall–Kier alpha value is -0.740. The van der Waals surface area contributed by atoms with Gasteiger partial charge in [-0.15, -0.1) is 24.0 Å². The second-order valence-corrected chi connectivity index (χ2v) is 10.9. The number of guanidine groups is 1. The van der Waals surface area contributed by atoms with Crippen molar-refractivity contribution in [2.75, 3.05) is 49.9 Å². The normalized spacial score (nSPS) is 16.0. The molecular formula is C19H32ClIN4O2S. The second kappa shape index (κ2) is 10.9. The van der Waals surface area contributed by atoms with E-state index < -0.39 is 14.6 Å². The molecule has 0 aromatic heterocycles. The van der Waals surface area contributed by atoms with Crippen LogP contribution in [0.4, 0.5) is 5.69 Å². The van der Waals surface area contributed by atoms with Crippen molar-refractivity contribution in [1.29, 1.82) is 0 Å². The zero-order chi connectivity index (χ0) is 20.1. The van der Waals surface area contributed by atoms with E-state index in [0.717, 1.165) is 49.4 Å².